The van der Waals surface area contributed by atoms with E-state index in [9.17, 15) is 14.9 Å². The maximum absolute atomic E-state index is 10.8. The van der Waals surface area contributed by atoms with Gasteiger partial charge in [0.15, 0.2) is 5.12 Å². The van der Waals surface area contributed by atoms with E-state index in [0.717, 1.165) is 12.8 Å². The molecular formula is C12H19NO3S. The number of carbonyl (C=O) groups excluding carboxylic acids is 1. The molecular weight excluding hydrogens is 238 g/mol. The van der Waals surface area contributed by atoms with Crippen molar-refractivity contribution in [1.29, 1.82) is 0 Å². The van der Waals surface area contributed by atoms with E-state index in [1.54, 1.807) is 13.0 Å². The van der Waals surface area contributed by atoms with Gasteiger partial charge in [-0.15, -0.1) is 12.6 Å². The average Bonchev–Trinajstić information content (AvgIpc) is 2.27. The van der Waals surface area contributed by atoms with Crippen molar-refractivity contribution in [3.63, 3.8) is 0 Å². The molecule has 0 aliphatic heterocycles. The zero-order valence-corrected chi connectivity index (χ0v) is 11.2. The highest BCUT2D eigenvalue weighted by Crippen LogP contribution is 2.10. The number of nitro groups is 1. The highest BCUT2D eigenvalue weighted by atomic mass is 32.1. The number of thiol groups is 1. The molecule has 0 aromatic carbocycles. The molecule has 0 saturated carbocycles. The quantitative estimate of drug-likeness (QED) is 0.314. The van der Waals surface area contributed by atoms with Gasteiger partial charge in [0.1, 0.15) is 0 Å². The summed E-state index contributed by atoms with van der Waals surface area (Å²) < 4.78 is 0. The molecule has 0 N–H and O–H groups in total. The zero-order chi connectivity index (χ0) is 13.3. The molecule has 0 bridgehead atoms. The van der Waals surface area contributed by atoms with Crippen molar-refractivity contribution in [2.45, 2.75) is 39.5 Å². The van der Waals surface area contributed by atoms with Gasteiger partial charge in [0.25, 0.3) is 0 Å². The molecule has 0 radical (unpaired) electrons. The molecule has 0 saturated heterocycles. The molecule has 0 amide bonds. The van der Waals surface area contributed by atoms with Crippen LogP contribution in [0.1, 0.15) is 39.5 Å². The summed E-state index contributed by atoms with van der Waals surface area (Å²) in [4.78, 5) is 21.0. The van der Waals surface area contributed by atoms with E-state index >= 15 is 0 Å². The highest BCUT2D eigenvalue weighted by Gasteiger charge is 2.06. The van der Waals surface area contributed by atoms with Crippen LogP contribution in [0.4, 0.5) is 0 Å². The molecule has 0 aliphatic rings. The maximum Gasteiger partial charge on any atom is 0.242 e. The monoisotopic (exact) mass is 257 g/mol. The molecule has 0 rings (SSSR count). The van der Waals surface area contributed by atoms with Gasteiger partial charge in [-0.25, -0.2) is 0 Å². The number of hydrogen-bond acceptors (Lipinski definition) is 3. The standard InChI is InChI=1S/C12H19NO3S/c1-3-11(13(15)16)9-7-5-4-6-8-10(2)12(14)17/h4-5,9-10H,3,6-8H2,1-2H3,(H,14,17). The predicted octanol–water partition coefficient (Wildman–Crippen LogP) is 3.38. The summed E-state index contributed by atoms with van der Waals surface area (Å²) in [6.07, 6.45) is 7.99. The Morgan fingerprint density at radius 3 is 2.59 bits per heavy atom. The van der Waals surface area contributed by atoms with Gasteiger partial charge >= 0.3 is 0 Å². The molecule has 0 aromatic rings. The van der Waals surface area contributed by atoms with Gasteiger partial charge in [0, 0.05) is 12.3 Å². The second-order valence-corrected chi connectivity index (χ2v) is 4.27. The third-order valence-corrected chi connectivity index (χ3v) is 2.88. The highest BCUT2D eigenvalue weighted by molar-refractivity contribution is 7.96. The topological polar surface area (TPSA) is 60.2 Å². The minimum absolute atomic E-state index is 0.0384. The van der Waals surface area contributed by atoms with Crippen molar-refractivity contribution in [3.05, 3.63) is 34.0 Å². The van der Waals surface area contributed by atoms with Gasteiger partial charge in [0.05, 0.1) is 4.92 Å². The van der Waals surface area contributed by atoms with Crippen molar-refractivity contribution in [3.8, 4) is 0 Å². The summed E-state index contributed by atoms with van der Waals surface area (Å²) in [5.74, 6) is -0.0384. The predicted molar refractivity (Wildman–Crippen MR) is 71.5 cm³/mol. The van der Waals surface area contributed by atoms with E-state index in [1.165, 1.54) is 0 Å². The lowest BCUT2D eigenvalue weighted by Crippen LogP contribution is -2.02. The first-order valence-corrected chi connectivity index (χ1v) is 6.15. The van der Waals surface area contributed by atoms with Crippen molar-refractivity contribution in [2.24, 2.45) is 5.92 Å². The van der Waals surface area contributed by atoms with Crippen LogP contribution < -0.4 is 0 Å². The molecule has 0 aromatic heterocycles. The number of carbonyl (C=O) groups is 1. The molecule has 0 spiro atoms. The van der Waals surface area contributed by atoms with Crippen LogP contribution in [0, 0.1) is 16.0 Å². The summed E-state index contributed by atoms with van der Waals surface area (Å²) >= 11 is 3.75. The Bertz CT molecular complexity index is 324. The number of allylic oxidation sites excluding steroid dienone is 4. The van der Waals surface area contributed by atoms with E-state index in [4.69, 9.17) is 0 Å². The molecule has 1 atom stereocenters. The normalized spacial score (nSPS) is 13.9. The minimum atomic E-state index is -0.352. The van der Waals surface area contributed by atoms with Crippen LogP contribution in [0.15, 0.2) is 23.9 Å². The first-order chi connectivity index (χ1) is 7.99. The molecule has 1 unspecified atom stereocenters. The Labute approximate surface area is 107 Å². The van der Waals surface area contributed by atoms with E-state index in [2.05, 4.69) is 12.6 Å². The lowest BCUT2D eigenvalue weighted by Gasteiger charge is -2.02. The lowest BCUT2D eigenvalue weighted by molar-refractivity contribution is -0.427. The molecule has 96 valence electrons. The van der Waals surface area contributed by atoms with Crippen LogP contribution in [0.3, 0.4) is 0 Å². The van der Waals surface area contributed by atoms with Crippen LogP contribution in [0.25, 0.3) is 0 Å². The van der Waals surface area contributed by atoms with Gasteiger partial charge in [-0.05, 0) is 25.3 Å². The van der Waals surface area contributed by atoms with Crippen molar-refractivity contribution >= 4 is 17.7 Å². The van der Waals surface area contributed by atoms with Crippen LogP contribution in [0.2, 0.25) is 0 Å². The van der Waals surface area contributed by atoms with Crippen LogP contribution in [-0.2, 0) is 4.79 Å². The first-order valence-electron chi connectivity index (χ1n) is 5.70. The summed E-state index contributed by atoms with van der Waals surface area (Å²) in [6, 6.07) is 0. The van der Waals surface area contributed by atoms with Gasteiger partial charge < -0.3 is 0 Å². The van der Waals surface area contributed by atoms with E-state index in [0.29, 0.717) is 12.8 Å². The summed E-state index contributed by atoms with van der Waals surface area (Å²) in [5.41, 5.74) is 0.244. The zero-order valence-electron chi connectivity index (χ0n) is 10.3. The van der Waals surface area contributed by atoms with Crippen LogP contribution in [-0.4, -0.2) is 10.0 Å². The van der Waals surface area contributed by atoms with Gasteiger partial charge in [-0.1, -0.05) is 26.0 Å². The lowest BCUT2D eigenvalue weighted by atomic mass is 10.1. The fourth-order valence-corrected chi connectivity index (χ4v) is 1.36. The molecule has 17 heavy (non-hydrogen) atoms. The Kier molecular flexibility index (Phi) is 8.40. The van der Waals surface area contributed by atoms with E-state index < -0.39 is 0 Å². The van der Waals surface area contributed by atoms with Crippen molar-refractivity contribution < 1.29 is 9.72 Å². The van der Waals surface area contributed by atoms with Crippen molar-refractivity contribution in [2.75, 3.05) is 0 Å². The van der Waals surface area contributed by atoms with Gasteiger partial charge in [0.2, 0.25) is 5.70 Å². The third kappa shape index (κ3) is 7.74. The van der Waals surface area contributed by atoms with E-state index in [1.807, 2.05) is 19.1 Å². The summed E-state index contributed by atoms with van der Waals surface area (Å²) in [7, 11) is 0. The molecule has 5 heteroatoms. The molecule has 0 heterocycles. The number of rotatable bonds is 8. The third-order valence-electron chi connectivity index (χ3n) is 2.44. The molecule has 0 aliphatic carbocycles. The van der Waals surface area contributed by atoms with Crippen LogP contribution >= 0.6 is 12.6 Å². The van der Waals surface area contributed by atoms with Crippen molar-refractivity contribution in [1.82, 2.24) is 0 Å². The number of nitrogens with zero attached hydrogens (tertiary/aromatic N) is 1. The van der Waals surface area contributed by atoms with Gasteiger partial charge in [-0.2, -0.15) is 0 Å². The SMILES string of the molecule is CCC(=CCC=CCCC(C)C(=O)S)[N+](=O)[O-]. The Hall–Kier alpha value is -1.10. The fourth-order valence-electron chi connectivity index (χ4n) is 1.24. The Morgan fingerprint density at radius 1 is 1.47 bits per heavy atom. The number of hydrogen-bond donors (Lipinski definition) is 1. The Morgan fingerprint density at radius 2 is 2.12 bits per heavy atom. The largest absolute Gasteiger partial charge is 0.287 e. The molecule has 4 nitrogen and oxygen atoms in total. The Balaban J connectivity index is 3.89. The minimum Gasteiger partial charge on any atom is -0.287 e. The maximum atomic E-state index is 10.8. The second kappa shape index (κ2) is 8.98. The summed E-state index contributed by atoms with van der Waals surface area (Å²) in [6.45, 7) is 3.60. The average molecular weight is 257 g/mol. The fraction of sp³-hybridized carbons (Fsp3) is 0.583. The summed E-state index contributed by atoms with van der Waals surface area (Å²) in [5, 5.41) is 10.4. The second-order valence-electron chi connectivity index (χ2n) is 3.83. The smallest absolute Gasteiger partial charge is 0.242 e. The van der Waals surface area contributed by atoms with Gasteiger partial charge in [-0.3, -0.25) is 14.9 Å². The van der Waals surface area contributed by atoms with Crippen LogP contribution in [0.5, 0.6) is 0 Å². The van der Waals surface area contributed by atoms with E-state index in [-0.39, 0.29) is 21.7 Å². The molecule has 0 fully saturated rings. The first kappa shape index (κ1) is 15.9.